The lowest BCUT2D eigenvalue weighted by Gasteiger charge is -2.22. The summed E-state index contributed by atoms with van der Waals surface area (Å²) < 4.78 is 64.9. The van der Waals surface area contributed by atoms with Crippen LogP contribution in [0.4, 0.5) is 14.7 Å². The predicted molar refractivity (Wildman–Crippen MR) is 125 cm³/mol. The van der Waals surface area contributed by atoms with E-state index in [1.165, 1.54) is 20.1 Å². The molecule has 182 valence electrons. The Hall–Kier alpha value is -3.77. The Morgan fingerprint density at radius 3 is 2.20 bits per heavy atom. The highest BCUT2D eigenvalue weighted by molar-refractivity contribution is 7.93. The van der Waals surface area contributed by atoms with Gasteiger partial charge < -0.3 is 4.74 Å². The van der Waals surface area contributed by atoms with Crippen LogP contribution in [0, 0.1) is 18.6 Å². The summed E-state index contributed by atoms with van der Waals surface area (Å²) in [6.45, 7) is 3.20. The van der Waals surface area contributed by atoms with Crippen molar-refractivity contribution >= 4 is 16.0 Å². The Bertz CT molecular complexity index is 1410. The summed E-state index contributed by atoms with van der Waals surface area (Å²) in [4.78, 5) is 8.33. The number of hydrogen-bond acceptors (Lipinski definition) is 7. The lowest BCUT2D eigenvalue weighted by Crippen LogP contribution is -2.33. The van der Waals surface area contributed by atoms with E-state index in [9.17, 15) is 17.2 Å². The number of sulfonamides is 1. The minimum atomic E-state index is -4.23. The van der Waals surface area contributed by atoms with E-state index < -0.39 is 38.7 Å². The Balaban J connectivity index is 1.79. The van der Waals surface area contributed by atoms with E-state index in [0.717, 1.165) is 22.3 Å². The molecule has 2 aromatic carbocycles. The maximum Gasteiger partial charge on any atom is 0.243 e. The molecule has 0 saturated heterocycles. The van der Waals surface area contributed by atoms with Crippen molar-refractivity contribution in [1.29, 1.82) is 0 Å². The van der Waals surface area contributed by atoms with Crippen molar-refractivity contribution in [3.8, 4) is 17.1 Å². The highest BCUT2D eigenvalue weighted by atomic mass is 32.2. The van der Waals surface area contributed by atoms with E-state index in [1.54, 1.807) is 49.6 Å². The monoisotopic (exact) mass is 500 g/mol. The van der Waals surface area contributed by atoms with Crippen LogP contribution < -0.4 is 4.72 Å². The van der Waals surface area contributed by atoms with Gasteiger partial charge in [-0.25, -0.2) is 27.2 Å². The highest BCUT2D eigenvalue weighted by Gasteiger charge is 2.35. The van der Waals surface area contributed by atoms with Gasteiger partial charge in [-0.1, -0.05) is 36.4 Å². The van der Waals surface area contributed by atoms with E-state index in [2.05, 4.69) is 24.9 Å². The van der Waals surface area contributed by atoms with Gasteiger partial charge in [0.05, 0.1) is 0 Å². The molecule has 4 rings (SSSR count). The first-order valence-corrected chi connectivity index (χ1v) is 12.1. The number of para-hydroxylation sites is 1. The number of aromatic nitrogens is 5. The van der Waals surface area contributed by atoms with Gasteiger partial charge in [0.1, 0.15) is 28.7 Å². The maximum absolute atomic E-state index is 14.8. The molecule has 12 heteroatoms. The van der Waals surface area contributed by atoms with Crippen LogP contribution in [0.3, 0.4) is 0 Å². The van der Waals surface area contributed by atoms with Crippen molar-refractivity contribution in [1.82, 2.24) is 24.7 Å². The Morgan fingerprint density at radius 1 is 0.971 bits per heavy atom. The first-order chi connectivity index (χ1) is 16.7. The molecule has 0 spiro atoms. The molecule has 2 aromatic heterocycles. The lowest BCUT2D eigenvalue weighted by molar-refractivity contribution is 0.0949. The molecule has 9 nitrogen and oxygen atoms in total. The fourth-order valence-electron chi connectivity index (χ4n) is 3.48. The number of halogens is 2. The molecule has 0 radical (unpaired) electrons. The number of benzene rings is 2. The van der Waals surface area contributed by atoms with Gasteiger partial charge in [0.2, 0.25) is 16.0 Å². The summed E-state index contributed by atoms with van der Waals surface area (Å²) in [5.41, 5.74) is 0.751. The van der Waals surface area contributed by atoms with Crippen molar-refractivity contribution in [2.24, 2.45) is 0 Å². The average Bonchev–Trinajstić information content (AvgIpc) is 3.23. The summed E-state index contributed by atoms with van der Waals surface area (Å²) in [7, 11) is -2.89. The quantitative estimate of drug-likeness (QED) is 0.391. The minimum Gasteiger partial charge on any atom is -0.372 e. The molecule has 2 heterocycles. The van der Waals surface area contributed by atoms with E-state index >= 15 is 0 Å². The van der Waals surface area contributed by atoms with Crippen LogP contribution in [0.5, 0.6) is 0 Å². The number of nitrogens with one attached hydrogen (secondary N) is 1. The fraction of sp³-hybridized carbons (Fsp3) is 0.217. The number of aryl methyl sites for hydroxylation is 1. The maximum atomic E-state index is 14.8. The van der Waals surface area contributed by atoms with Crippen molar-refractivity contribution in [3.05, 3.63) is 83.9 Å². The zero-order chi connectivity index (χ0) is 25.2. The van der Waals surface area contributed by atoms with Gasteiger partial charge >= 0.3 is 0 Å². The van der Waals surface area contributed by atoms with E-state index in [-0.39, 0.29) is 17.6 Å². The number of rotatable bonds is 8. The summed E-state index contributed by atoms with van der Waals surface area (Å²) in [5, 5.41) is 6.72. The van der Waals surface area contributed by atoms with Gasteiger partial charge in [-0.2, -0.15) is 0 Å². The van der Waals surface area contributed by atoms with Gasteiger partial charge in [-0.05, 0) is 31.5 Å². The molecule has 2 atom stereocenters. The fourth-order valence-corrected chi connectivity index (χ4v) is 4.61. The first kappa shape index (κ1) is 24.4. The molecule has 0 unspecified atom stereocenters. The van der Waals surface area contributed by atoms with Crippen molar-refractivity contribution < 1.29 is 21.9 Å². The Morgan fingerprint density at radius 2 is 1.60 bits per heavy atom. The number of nitrogens with zero attached hydrogens (tertiary/aromatic N) is 5. The first-order valence-electron chi connectivity index (χ1n) is 10.5. The van der Waals surface area contributed by atoms with Crippen molar-refractivity contribution in [3.63, 3.8) is 0 Å². The lowest BCUT2D eigenvalue weighted by atomic mass is 10.2. The zero-order valence-corrected chi connectivity index (χ0v) is 19.9. The third kappa shape index (κ3) is 4.88. The van der Waals surface area contributed by atoms with Crippen LogP contribution in [0.15, 0.2) is 60.9 Å². The van der Waals surface area contributed by atoms with Crippen molar-refractivity contribution in [2.45, 2.75) is 25.2 Å². The van der Waals surface area contributed by atoms with E-state index in [0.29, 0.717) is 5.56 Å². The van der Waals surface area contributed by atoms with Gasteiger partial charge in [-0.3, -0.25) is 9.29 Å². The second-order valence-corrected chi connectivity index (χ2v) is 9.78. The number of hydrogen-bond donors (Lipinski definition) is 1. The predicted octanol–water partition coefficient (Wildman–Crippen LogP) is 3.83. The Labute approximate surface area is 200 Å². The molecule has 1 N–H and O–H groups in total. The van der Waals surface area contributed by atoms with Crippen LogP contribution in [0.25, 0.3) is 17.1 Å². The Kier molecular flexibility index (Phi) is 6.85. The van der Waals surface area contributed by atoms with Crippen LogP contribution in [0.2, 0.25) is 0 Å². The summed E-state index contributed by atoms with van der Waals surface area (Å²) in [6, 6.07) is 11.8. The number of anilines is 1. The molecule has 0 fully saturated rings. The van der Waals surface area contributed by atoms with Crippen LogP contribution in [0.1, 0.15) is 24.4 Å². The van der Waals surface area contributed by atoms with E-state index in [1.807, 2.05) is 0 Å². The largest absolute Gasteiger partial charge is 0.372 e. The van der Waals surface area contributed by atoms with Gasteiger partial charge in [-0.15, -0.1) is 10.2 Å². The second kappa shape index (κ2) is 9.84. The molecule has 0 bridgehead atoms. The topological polar surface area (TPSA) is 112 Å². The minimum absolute atomic E-state index is 0.0464. The molecule has 0 aliphatic rings. The molecule has 4 aromatic rings. The highest BCUT2D eigenvalue weighted by Crippen LogP contribution is 2.30. The molecular formula is C23H22F2N6O3S. The van der Waals surface area contributed by atoms with Gasteiger partial charge in [0.25, 0.3) is 0 Å². The molecule has 0 saturated carbocycles. The summed E-state index contributed by atoms with van der Waals surface area (Å²) in [5.74, 6) is -2.01. The molecule has 0 aliphatic heterocycles. The third-order valence-corrected chi connectivity index (χ3v) is 7.01. The molecule has 35 heavy (non-hydrogen) atoms. The van der Waals surface area contributed by atoms with Crippen LogP contribution in [-0.4, -0.2) is 45.5 Å². The molecule has 0 aliphatic carbocycles. The van der Waals surface area contributed by atoms with Crippen LogP contribution in [-0.2, 0) is 14.8 Å². The summed E-state index contributed by atoms with van der Waals surface area (Å²) >= 11 is 0. The summed E-state index contributed by atoms with van der Waals surface area (Å²) in [6.07, 6.45) is 2.07. The molecular weight excluding hydrogens is 478 g/mol. The SMILES string of the molecule is CO[C@H](c1ncc(C)cn1)[C@H](C)S(=O)(=O)Nc1nnc(-c2ccccc2)n1-c1c(F)cccc1F. The number of ether oxygens (including phenoxy) is 1. The smallest absolute Gasteiger partial charge is 0.243 e. The second-order valence-electron chi connectivity index (χ2n) is 7.75. The van der Waals surface area contributed by atoms with Crippen LogP contribution >= 0.6 is 0 Å². The average molecular weight is 501 g/mol. The third-order valence-electron chi connectivity index (χ3n) is 5.31. The molecule has 0 amide bonds. The standard InChI is InChI=1S/C23H22F2N6O3S/c1-14-12-26-21(27-13-14)20(34-3)15(2)35(32,33)30-23-29-28-22(16-8-5-4-6-9-16)31(23)19-17(24)10-7-11-18(19)25/h4-13,15,20H,1-3H3,(H,29,30)/t15-,20-/m0/s1. The van der Waals surface area contributed by atoms with Gasteiger partial charge in [0.15, 0.2) is 11.6 Å². The zero-order valence-electron chi connectivity index (χ0n) is 19.1. The van der Waals surface area contributed by atoms with Gasteiger partial charge in [0, 0.05) is 25.1 Å². The number of methoxy groups -OCH3 is 1. The normalized spacial score (nSPS) is 13.4. The van der Waals surface area contributed by atoms with Crippen molar-refractivity contribution in [2.75, 3.05) is 11.8 Å². The van der Waals surface area contributed by atoms with E-state index in [4.69, 9.17) is 4.74 Å².